The zero-order chi connectivity index (χ0) is 16.8. The molecule has 0 radical (unpaired) electrons. The summed E-state index contributed by atoms with van der Waals surface area (Å²) in [5.41, 5.74) is 1.42. The second-order valence-electron chi connectivity index (χ2n) is 6.15. The molecular formula is C17H28N2O3. The topological polar surface area (TPSA) is 61.8 Å². The molecule has 1 aromatic carbocycles. The van der Waals surface area contributed by atoms with E-state index >= 15 is 0 Å². The van der Waals surface area contributed by atoms with Gasteiger partial charge in [0.2, 0.25) is 0 Å². The minimum atomic E-state index is -0.559. The maximum atomic E-state index is 11.8. The summed E-state index contributed by atoms with van der Waals surface area (Å²) in [6.07, 6.45) is -0.528. The van der Waals surface area contributed by atoms with Crippen LogP contribution < -0.4 is 10.2 Å². The number of carbonyl (C=O) groups is 1. The largest absolute Gasteiger partial charge is 0.444 e. The second-order valence-corrected chi connectivity index (χ2v) is 6.15. The molecule has 2 N–H and O–H groups in total. The van der Waals surface area contributed by atoms with Gasteiger partial charge < -0.3 is 20.1 Å². The summed E-state index contributed by atoms with van der Waals surface area (Å²) < 4.78 is 5.22. The van der Waals surface area contributed by atoms with Crippen LogP contribution in [0.25, 0.3) is 0 Å². The molecule has 0 aliphatic heterocycles. The lowest BCUT2D eigenvalue weighted by atomic mass is 10.1. The van der Waals surface area contributed by atoms with Gasteiger partial charge in [-0.25, -0.2) is 4.79 Å². The number of nitrogens with zero attached hydrogens (tertiary/aromatic N) is 1. The van der Waals surface area contributed by atoms with Crippen LogP contribution in [0, 0.1) is 0 Å². The Hall–Kier alpha value is -1.75. The Morgan fingerprint density at radius 3 is 2.18 bits per heavy atom. The molecule has 1 unspecified atom stereocenters. The summed E-state index contributed by atoms with van der Waals surface area (Å²) in [5, 5.41) is 12.2. The Morgan fingerprint density at radius 2 is 1.77 bits per heavy atom. The number of aliphatic hydroxyl groups excluding tert-OH is 1. The molecule has 0 aliphatic rings. The first-order valence-corrected chi connectivity index (χ1v) is 7.76. The van der Waals surface area contributed by atoms with Crippen LogP contribution in [0.1, 0.15) is 46.2 Å². The average molecular weight is 308 g/mol. The number of amides is 1. The highest BCUT2D eigenvalue weighted by Gasteiger charge is 2.20. The fraction of sp³-hybridized carbons (Fsp3) is 0.588. The number of carbonyl (C=O) groups excluding carboxylic acids is 1. The van der Waals surface area contributed by atoms with Crippen LogP contribution in [0.15, 0.2) is 24.3 Å². The summed E-state index contributed by atoms with van der Waals surface area (Å²) in [7, 11) is 0. The predicted octanol–water partition coefficient (Wildman–Crippen LogP) is 3.09. The van der Waals surface area contributed by atoms with Crippen LogP contribution in [0.5, 0.6) is 0 Å². The van der Waals surface area contributed by atoms with Gasteiger partial charge in [0.1, 0.15) is 5.60 Å². The first-order valence-electron chi connectivity index (χ1n) is 7.76. The number of aliphatic hydroxyl groups is 1. The predicted molar refractivity (Wildman–Crippen MR) is 89.2 cm³/mol. The fourth-order valence-corrected chi connectivity index (χ4v) is 2.19. The minimum absolute atomic E-state index is 0.177. The van der Waals surface area contributed by atoms with E-state index in [-0.39, 0.29) is 6.61 Å². The van der Waals surface area contributed by atoms with Gasteiger partial charge in [-0.3, -0.25) is 0 Å². The number of rotatable bonds is 6. The Kier molecular flexibility index (Phi) is 6.68. The third-order valence-corrected chi connectivity index (χ3v) is 3.30. The number of ether oxygens (including phenoxy) is 1. The zero-order valence-electron chi connectivity index (χ0n) is 14.2. The summed E-state index contributed by atoms with van der Waals surface area (Å²) >= 11 is 0. The molecule has 5 nitrogen and oxygen atoms in total. The van der Waals surface area contributed by atoms with Gasteiger partial charge >= 0.3 is 6.09 Å². The molecule has 22 heavy (non-hydrogen) atoms. The van der Waals surface area contributed by atoms with Gasteiger partial charge in [0, 0.05) is 18.8 Å². The molecule has 1 rings (SSSR count). The summed E-state index contributed by atoms with van der Waals surface area (Å²) in [6.45, 7) is 11.3. The maximum Gasteiger partial charge on any atom is 0.408 e. The molecule has 0 saturated carbocycles. The van der Waals surface area contributed by atoms with Crippen molar-refractivity contribution in [2.24, 2.45) is 0 Å². The van der Waals surface area contributed by atoms with Gasteiger partial charge in [-0.15, -0.1) is 0 Å². The molecule has 5 heteroatoms. The summed E-state index contributed by atoms with van der Waals surface area (Å²) in [4.78, 5) is 14.1. The molecule has 1 aromatic rings. The van der Waals surface area contributed by atoms with Crippen molar-refractivity contribution in [1.82, 2.24) is 5.32 Å². The number of alkyl carbamates (subject to hydrolysis) is 1. The van der Waals surface area contributed by atoms with Crippen LogP contribution in [-0.2, 0) is 4.74 Å². The van der Waals surface area contributed by atoms with Crippen molar-refractivity contribution in [3.05, 3.63) is 29.8 Å². The Morgan fingerprint density at radius 1 is 1.23 bits per heavy atom. The molecule has 1 atom stereocenters. The van der Waals surface area contributed by atoms with Gasteiger partial charge in [-0.2, -0.15) is 0 Å². The molecule has 0 spiro atoms. The summed E-state index contributed by atoms with van der Waals surface area (Å²) in [5.74, 6) is 0. The number of benzene rings is 1. The van der Waals surface area contributed by atoms with Gasteiger partial charge in [-0.05, 0) is 52.3 Å². The Bertz CT molecular complexity index is 462. The van der Waals surface area contributed by atoms with E-state index in [0.29, 0.717) is 0 Å². The lowest BCUT2D eigenvalue weighted by Crippen LogP contribution is -2.36. The van der Waals surface area contributed by atoms with Gasteiger partial charge in [0.15, 0.2) is 0 Å². The SMILES string of the molecule is CCN(CC)c1ccc(C(CO)NC(=O)OC(C)(C)C)cc1. The van der Waals surface area contributed by atoms with Gasteiger partial charge in [0.25, 0.3) is 0 Å². The highest BCUT2D eigenvalue weighted by Crippen LogP contribution is 2.19. The molecule has 0 saturated heterocycles. The van der Waals surface area contributed by atoms with Gasteiger partial charge in [-0.1, -0.05) is 12.1 Å². The van der Waals surface area contributed by atoms with E-state index in [2.05, 4.69) is 24.1 Å². The van der Waals surface area contributed by atoms with Crippen molar-refractivity contribution in [2.45, 2.75) is 46.3 Å². The van der Waals surface area contributed by atoms with Gasteiger partial charge in [0.05, 0.1) is 12.6 Å². The standard InChI is InChI=1S/C17H28N2O3/c1-6-19(7-2)14-10-8-13(9-11-14)15(12-20)18-16(21)22-17(3,4)5/h8-11,15,20H,6-7,12H2,1-5H3,(H,18,21). The van der Waals surface area contributed by atoms with Crippen LogP contribution in [0.3, 0.4) is 0 Å². The van der Waals surface area contributed by atoms with Crippen LogP contribution in [0.2, 0.25) is 0 Å². The molecule has 0 heterocycles. The van der Waals surface area contributed by atoms with E-state index in [1.165, 1.54) is 0 Å². The number of anilines is 1. The van der Waals surface area contributed by atoms with E-state index in [1.807, 2.05) is 24.3 Å². The molecule has 0 fully saturated rings. The lowest BCUT2D eigenvalue weighted by molar-refractivity contribution is 0.0482. The van der Waals surface area contributed by atoms with E-state index in [1.54, 1.807) is 20.8 Å². The van der Waals surface area contributed by atoms with E-state index < -0.39 is 17.7 Å². The normalized spacial score (nSPS) is 12.6. The van der Waals surface area contributed by atoms with Crippen LogP contribution in [-0.4, -0.2) is 36.5 Å². The van der Waals surface area contributed by atoms with E-state index in [0.717, 1.165) is 24.3 Å². The molecule has 124 valence electrons. The van der Waals surface area contributed by atoms with E-state index in [4.69, 9.17) is 4.74 Å². The lowest BCUT2D eigenvalue weighted by Gasteiger charge is -2.24. The average Bonchev–Trinajstić information content (AvgIpc) is 2.45. The van der Waals surface area contributed by atoms with Crippen LogP contribution in [0.4, 0.5) is 10.5 Å². The minimum Gasteiger partial charge on any atom is -0.444 e. The first kappa shape index (κ1) is 18.3. The highest BCUT2D eigenvalue weighted by atomic mass is 16.6. The first-order chi connectivity index (χ1) is 10.3. The quantitative estimate of drug-likeness (QED) is 0.848. The third kappa shape index (κ3) is 5.56. The molecule has 0 aliphatic carbocycles. The summed E-state index contributed by atoms with van der Waals surface area (Å²) in [6, 6.07) is 7.38. The Labute approximate surface area is 133 Å². The molecule has 0 bridgehead atoms. The molecule has 1 amide bonds. The van der Waals surface area contributed by atoms with Crippen molar-refractivity contribution in [3.8, 4) is 0 Å². The second kappa shape index (κ2) is 8.03. The van der Waals surface area contributed by atoms with E-state index in [9.17, 15) is 9.90 Å². The number of nitrogens with one attached hydrogen (secondary N) is 1. The highest BCUT2D eigenvalue weighted by molar-refractivity contribution is 5.68. The van der Waals surface area contributed by atoms with Crippen molar-refractivity contribution < 1.29 is 14.6 Å². The zero-order valence-corrected chi connectivity index (χ0v) is 14.2. The van der Waals surface area contributed by atoms with Crippen molar-refractivity contribution >= 4 is 11.8 Å². The molecular weight excluding hydrogens is 280 g/mol. The maximum absolute atomic E-state index is 11.8. The van der Waals surface area contributed by atoms with Crippen molar-refractivity contribution in [2.75, 3.05) is 24.6 Å². The van der Waals surface area contributed by atoms with Crippen molar-refractivity contribution in [1.29, 1.82) is 0 Å². The Balaban J connectivity index is 2.77. The molecule has 0 aromatic heterocycles. The smallest absolute Gasteiger partial charge is 0.408 e. The van der Waals surface area contributed by atoms with Crippen LogP contribution >= 0.6 is 0 Å². The number of hydrogen-bond donors (Lipinski definition) is 2. The third-order valence-electron chi connectivity index (χ3n) is 3.30. The fourth-order valence-electron chi connectivity index (χ4n) is 2.19. The number of hydrogen-bond acceptors (Lipinski definition) is 4. The van der Waals surface area contributed by atoms with Crippen molar-refractivity contribution in [3.63, 3.8) is 0 Å². The monoisotopic (exact) mass is 308 g/mol.